The lowest BCUT2D eigenvalue weighted by Crippen LogP contribution is -2.40. The second-order valence-corrected chi connectivity index (χ2v) is 9.50. The average molecular weight is 481 g/mol. The van der Waals surface area contributed by atoms with Crippen LogP contribution in [0, 0.1) is 5.82 Å². The summed E-state index contributed by atoms with van der Waals surface area (Å²) < 4.78 is 43.9. The van der Waals surface area contributed by atoms with Crippen LogP contribution in [-0.2, 0) is 16.6 Å². The summed E-state index contributed by atoms with van der Waals surface area (Å²) in [6, 6.07) is 10.8. The number of aromatic nitrogens is 2. The monoisotopic (exact) mass is 480 g/mol. The van der Waals surface area contributed by atoms with Gasteiger partial charge in [-0.1, -0.05) is 41.0 Å². The molecule has 0 fully saturated rings. The van der Waals surface area contributed by atoms with Crippen molar-refractivity contribution in [3.8, 4) is 0 Å². The molecule has 3 aromatic rings. The van der Waals surface area contributed by atoms with Gasteiger partial charge in [-0.3, -0.25) is 0 Å². The summed E-state index contributed by atoms with van der Waals surface area (Å²) in [5.41, 5.74) is 2.10. The molecule has 0 bridgehead atoms. The number of nitrogens with zero attached hydrogens (tertiary/aromatic N) is 4. The van der Waals surface area contributed by atoms with E-state index in [9.17, 15) is 18.0 Å². The third-order valence-corrected chi connectivity index (χ3v) is 6.44. The highest BCUT2D eigenvalue weighted by molar-refractivity contribution is 7.88. The van der Waals surface area contributed by atoms with Gasteiger partial charge < -0.3 is 15.8 Å². The summed E-state index contributed by atoms with van der Waals surface area (Å²) >= 11 is 5.79. The molecule has 32 heavy (non-hydrogen) atoms. The molecule has 1 atom stereocenters. The Bertz CT molecular complexity index is 1280. The van der Waals surface area contributed by atoms with Gasteiger partial charge in [0.25, 0.3) is 0 Å². The molecular formula is C19H18ClFN6O4S. The highest BCUT2D eigenvalue weighted by Crippen LogP contribution is 2.31. The first-order valence-electron chi connectivity index (χ1n) is 9.33. The maximum absolute atomic E-state index is 13.4. The Morgan fingerprint density at radius 2 is 2.09 bits per heavy atom. The molecule has 1 unspecified atom stereocenters. The minimum absolute atomic E-state index is 0.0295. The van der Waals surface area contributed by atoms with Crippen LogP contribution in [0.3, 0.4) is 0 Å². The van der Waals surface area contributed by atoms with Crippen molar-refractivity contribution >= 4 is 39.0 Å². The Morgan fingerprint density at radius 3 is 2.81 bits per heavy atom. The topological polar surface area (TPSA) is 133 Å². The van der Waals surface area contributed by atoms with Crippen LogP contribution in [0.4, 0.5) is 15.9 Å². The zero-order valence-corrected chi connectivity index (χ0v) is 18.2. The zero-order chi connectivity index (χ0) is 22.9. The van der Waals surface area contributed by atoms with Crippen molar-refractivity contribution in [2.24, 2.45) is 5.16 Å². The van der Waals surface area contributed by atoms with Gasteiger partial charge in [0.1, 0.15) is 5.82 Å². The van der Waals surface area contributed by atoms with Gasteiger partial charge in [-0.2, -0.15) is 4.31 Å². The van der Waals surface area contributed by atoms with Gasteiger partial charge in [0, 0.05) is 18.8 Å². The predicted molar refractivity (Wildman–Crippen MR) is 116 cm³/mol. The molecule has 1 aliphatic rings. The van der Waals surface area contributed by atoms with Crippen molar-refractivity contribution in [2.45, 2.75) is 12.6 Å². The molecule has 0 spiro atoms. The average Bonchev–Trinajstić information content (AvgIpc) is 3.21. The Labute approximate surface area is 187 Å². The molecular weight excluding hydrogens is 463 g/mol. The van der Waals surface area contributed by atoms with Crippen molar-refractivity contribution in [2.75, 3.05) is 23.4 Å². The first kappa shape index (κ1) is 22.0. The third-order valence-electron chi connectivity index (χ3n) is 4.94. The largest absolute Gasteiger partial charge is 0.409 e. The van der Waals surface area contributed by atoms with Crippen LogP contribution in [0.25, 0.3) is 0 Å². The Kier molecular flexibility index (Phi) is 6.00. The number of rotatable bonds is 5. The van der Waals surface area contributed by atoms with E-state index in [0.29, 0.717) is 5.69 Å². The summed E-state index contributed by atoms with van der Waals surface area (Å²) in [5.74, 6) is -0.620. The number of amidine groups is 1. The summed E-state index contributed by atoms with van der Waals surface area (Å²) in [4.78, 5) is 0. The van der Waals surface area contributed by atoms with E-state index in [2.05, 4.69) is 26.1 Å². The number of oxime groups is 1. The lowest BCUT2D eigenvalue weighted by molar-refractivity contribution is 0.304. The Morgan fingerprint density at radius 1 is 1.31 bits per heavy atom. The van der Waals surface area contributed by atoms with Crippen LogP contribution in [0.2, 0.25) is 5.02 Å². The van der Waals surface area contributed by atoms with Crippen molar-refractivity contribution < 1.29 is 22.6 Å². The second-order valence-electron chi connectivity index (χ2n) is 7.12. The number of benzene rings is 2. The fourth-order valence-corrected chi connectivity index (χ4v) is 4.37. The number of sulfonamides is 1. The number of anilines is 2. The normalized spacial score (nSPS) is 17.1. The minimum atomic E-state index is -3.45. The van der Waals surface area contributed by atoms with Crippen molar-refractivity contribution in [3.05, 3.63) is 70.1 Å². The van der Waals surface area contributed by atoms with E-state index < -0.39 is 21.9 Å². The molecule has 3 N–H and O–H groups in total. The molecule has 10 nitrogen and oxygen atoms in total. The zero-order valence-electron chi connectivity index (χ0n) is 16.7. The van der Waals surface area contributed by atoms with Crippen molar-refractivity contribution in [3.63, 3.8) is 0 Å². The van der Waals surface area contributed by atoms with E-state index in [0.717, 1.165) is 23.4 Å². The number of fused-ring (bicyclic) bond motifs is 1. The van der Waals surface area contributed by atoms with Crippen LogP contribution in [-0.4, -0.2) is 46.9 Å². The third kappa shape index (κ3) is 4.52. The molecule has 0 saturated carbocycles. The first-order chi connectivity index (χ1) is 15.3. The molecule has 1 aliphatic heterocycles. The fourth-order valence-electron chi connectivity index (χ4n) is 3.40. The highest BCUT2D eigenvalue weighted by atomic mass is 35.5. The number of hydrogen-bond acceptors (Lipinski definition) is 8. The lowest BCUT2D eigenvalue weighted by atomic mass is 9.96. The maximum Gasteiger partial charge on any atom is 0.211 e. The van der Waals surface area contributed by atoms with Crippen LogP contribution in [0.5, 0.6) is 0 Å². The quantitative estimate of drug-likeness (QED) is 0.219. The lowest BCUT2D eigenvalue weighted by Gasteiger charge is -2.33. The SMILES string of the molecule is CS(=O)(=O)N1Cc2ccccc2C(Nc2nonc2/C(=N/O)Nc2ccc(F)c(Cl)c2)C1. The van der Waals surface area contributed by atoms with Gasteiger partial charge >= 0.3 is 0 Å². The molecule has 4 rings (SSSR count). The summed E-state index contributed by atoms with van der Waals surface area (Å²) in [7, 11) is -3.45. The first-order valence-corrected chi connectivity index (χ1v) is 11.6. The molecule has 2 heterocycles. The van der Waals surface area contributed by atoms with Gasteiger partial charge in [-0.15, -0.1) is 0 Å². The van der Waals surface area contributed by atoms with Crippen LogP contribution < -0.4 is 10.6 Å². The molecule has 0 aliphatic carbocycles. The molecule has 13 heteroatoms. The number of nitrogens with one attached hydrogen (secondary N) is 2. The van der Waals surface area contributed by atoms with E-state index in [-0.39, 0.29) is 35.5 Å². The summed E-state index contributed by atoms with van der Waals surface area (Å²) in [6.45, 7) is 0.405. The van der Waals surface area contributed by atoms with Gasteiger partial charge in [0.2, 0.25) is 21.7 Å². The number of hydrogen-bond donors (Lipinski definition) is 3. The predicted octanol–water partition coefficient (Wildman–Crippen LogP) is 3.04. The van der Waals surface area contributed by atoms with E-state index >= 15 is 0 Å². The maximum atomic E-state index is 13.4. The van der Waals surface area contributed by atoms with Gasteiger partial charge in [0.15, 0.2) is 5.69 Å². The molecule has 0 amide bonds. The van der Waals surface area contributed by atoms with E-state index in [1.165, 1.54) is 16.4 Å². The van der Waals surface area contributed by atoms with Crippen molar-refractivity contribution in [1.82, 2.24) is 14.6 Å². The second kappa shape index (κ2) is 8.73. The Hall–Kier alpha value is -3.22. The highest BCUT2D eigenvalue weighted by Gasteiger charge is 2.31. The van der Waals surface area contributed by atoms with E-state index in [1.54, 1.807) is 0 Å². The van der Waals surface area contributed by atoms with Gasteiger partial charge in [0.05, 0.1) is 17.3 Å². The molecule has 0 saturated heterocycles. The van der Waals surface area contributed by atoms with E-state index in [1.807, 2.05) is 24.3 Å². The molecule has 168 valence electrons. The van der Waals surface area contributed by atoms with Crippen LogP contribution in [0.15, 0.2) is 52.2 Å². The molecule has 2 aromatic carbocycles. The van der Waals surface area contributed by atoms with Crippen LogP contribution in [0.1, 0.15) is 22.9 Å². The van der Waals surface area contributed by atoms with E-state index in [4.69, 9.17) is 16.2 Å². The summed E-state index contributed by atoms with van der Waals surface area (Å²) in [6.07, 6.45) is 1.15. The fraction of sp³-hybridized carbons (Fsp3) is 0.211. The Balaban J connectivity index is 1.62. The minimum Gasteiger partial charge on any atom is -0.409 e. The van der Waals surface area contributed by atoms with Gasteiger partial charge in [-0.25, -0.2) is 17.4 Å². The van der Waals surface area contributed by atoms with Crippen molar-refractivity contribution in [1.29, 1.82) is 0 Å². The molecule has 1 aromatic heterocycles. The smallest absolute Gasteiger partial charge is 0.211 e. The standard InChI is InChI=1S/C19H18ClFN6O4S/c1-32(29,30)27-9-11-4-2-3-5-13(11)16(10-27)23-19-17(25-31-26-19)18(24-28)22-12-6-7-15(21)14(20)8-12/h2-8,16,28H,9-10H2,1H3,(H,22,24)(H,23,26). The number of halogens is 2. The molecule has 0 radical (unpaired) electrons. The summed E-state index contributed by atoms with van der Waals surface area (Å²) in [5, 5.41) is 26.1. The van der Waals surface area contributed by atoms with Crippen LogP contribution >= 0.6 is 11.6 Å². The van der Waals surface area contributed by atoms with Gasteiger partial charge in [-0.05, 0) is 39.6 Å².